The number of halogens is 1. The number of fused-ring (bicyclic) bond motifs is 2. The zero-order valence-corrected chi connectivity index (χ0v) is 12.4. The molecule has 0 bridgehead atoms. The van der Waals surface area contributed by atoms with Crippen LogP contribution in [0.25, 0.3) is 22.4 Å². The Hall–Kier alpha value is -2.58. The van der Waals surface area contributed by atoms with Crippen molar-refractivity contribution in [3.63, 3.8) is 0 Å². The number of carbonyl (C=O) groups excluding carboxylic acids is 1. The zero-order chi connectivity index (χ0) is 15.1. The van der Waals surface area contributed by atoms with Crippen molar-refractivity contribution in [2.45, 2.75) is 0 Å². The minimum atomic E-state index is -0.0922. The van der Waals surface area contributed by atoms with Crippen LogP contribution in [0.5, 0.6) is 0 Å². The molecule has 1 aliphatic rings. The summed E-state index contributed by atoms with van der Waals surface area (Å²) in [4.78, 5) is 12.2. The molecule has 3 heteroatoms. The van der Waals surface area contributed by atoms with Gasteiger partial charge in [-0.25, -0.2) is 0 Å². The van der Waals surface area contributed by atoms with Gasteiger partial charge in [0.2, 0.25) is 0 Å². The van der Waals surface area contributed by atoms with Gasteiger partial charge >= 0.3 is 0 Å². The van der Waals surface area contributed by atoms with E-state index >= 15 is 0 Å². The lowest BCUT2D eigenvalue weighted by molar-refractivity contribution is -0.110. The van der Waals surface area contributed by atoms with E-state index in [4.69, 9.17) is 11.6 Å². The van der Waals surface area contributed by atoms with Gasteiger partial charge in [-0.2, -0.15) is 0 Å². The number of rotatable bonds is 1. The summed E-state index contributed by atoms with van der Waals surface area (Å²) in [5.41, 5.74) is 3.30. The summed E-state index contributed by atoms with van der Waals surface area (Å²) in [6.45, 7) is 0. The predicted octanol–water partition coefficient (Wildman–Crippen LogP) is 4.99. The molecule has 0 saturated carbocycles. The molecule has 0 atom stereocenters. The zero-order valence-electron chi connectivity index (χ0n) is 11.6. The van der Waals surface area contributed by atoms with Gasteiger partial charge in [-0.1, -0.05) is 48.0 Å². The van der Waals surface area contributed by atoms with Gasteiger partial charge in [0.1, 0.15) is 0 Å². The number of nitrogens with one attached hydrogen (secondary N) is 1. The highest BCUT2D eigenvalue weighted by Crippen LogP contribution is 2.35. The van der Waals surface area contributed by atoms with Crippen LogP contribution in [-0.4, -0.2) is 5.91 Å². The number of amides is 1. The lowest BCUT2D eigenvalue weighted by atomic mass is 10.0. The Morgan fingerprint density at radius 2 is 1.73 bits per heavy atom. The van der Waals surface area contributed by atoms with E-state index in [1.54, 1.807) is 6.07 Å². The maximum atomic E-state index is 12.2. The number of anilines is 1. The fraction of sp³-hybridized carbons (Fsp3) is 0. The van der Waals surface area contributed by atoms with E-state index in [0.717, 1.165) is 22.2 Å². The Labute approximate surface area is 133 Å². The maximum absolute atomic E-state index is 12.2. The van der Waals surface area contributed by atoms with Gasteiger partial charge in [0.05, 0.1) is 0 Å². The first-order valence-corrected chi connectivity index (χ1v) is 7.40. The van der Waals surface area contributed by atoms with Crippen molar-refractivity contribution in [3.05, 3.63) is 76.8 Å². The highest BCUT2D eigenvalue weighted by Gasteiger charge is 2.24. The van der Waals surface area contributed by atoms with Gasteiger partial charge in [0.25, 0.3) is 5.91 Å². The van der Waals surface area contributed by atoms with Crippen molar-refractivity contribution in [2.24, 2.45) is 0 Å². The first kappa shape index (κ1) is 13.1. The van der Waals surface area contributed by atoms with Crippen molar-refractivity contribution in [2.75, 3.05) is 5.32 Å². The van der Waals surface area contributed by atoms with Gasteiger partial charge in [0.15, 0.2) is 0 Å². The average molecular weight is 306 g/mol. The molecule has 0 saturated heterocycles. The molecule has 3 aromatic rings. The molecule has 0 radical (unpaired) electrons. The fourth-order valence-electron chi connectivity index (χ4n) is 2.77. The van der Waals surface area contributed by atoms with E-state index in [-0.39, 0.29) is 5.91 Å². The van der Waals surface area contributed by atoms with Crippen LogP contribution in [0.3, 0.4) is 0 Å². The summed E-state index contributed by atoms with van der Waals surface area (Å²) in [6, 6.07) is 19.8. The molecular formula is C19H12ClNO. The van der Waals surface area contributed by atoms with Crippen molar-refractivity contribution in [3.8, 4) is 0 Å². The van der Waals surface area contributed by atoms with Crippen LogP contribution in [0.2, 0.25) is 5.02 Å². The van der Waals surface area contributed by atoms with Crippen LogP contribution in [0.1, 0.15) is 11.1 Å². The second-order valence-electron chi connectivity index (χ2n) is 5.31. The highest BCUT2D eigenvalue weighted by atomic mass is 35.5. The SMILES string of the molecule is O=C1Nc2ccc(Cl)cc2C1=Cc1ccc2ccccc2c1. The fourth-order valence-corrected chi connectivity index (χ4v) is 2.94. The Morgan fingerprint density at radius 3 is 2.59 bits per heavy atom. The van der Waals surface area contributed by atoms with Crippen LogP contribution in [-0.2, 0) is 4.79 Å². The van der Waals surface area contributed by atoms with Gasteiger partial charge in [-0.05, 0) is 46.7 Å². The highest BCUT2D eigenvalue weighted by molar-refractivity contribution is 6.36. The monoisotopic (exact) mass is 305 g/mol. The van der Waals surface area contributed by atoms with Crippen molar-refractivity contribution in [1.82, 2.24) is 0 Å². The average Bonchev–Trinajstić information content (AvgIpc) is 2.83. The van der Waals surface area contributed by atoms with Crippen molar-refractivity contribution < 1.29 is 4.79 Å². The molecule has 0 aliphatic carbocycles. The van der Waals surface area contributed by atoms with Crippen LogP contribution >= 0.6 is 11.6 Å². The second-order valence-corrected chi connectivity index (χ2v) is 5.75. The number of hydrogen-bond acceptors (Lipinski definition) is 1. The van der Waals surface area contributed by atoms with Crippen LogP contribution in [0.4, 0.5) is 5.69 Å². The topological polar surface area (TPSA) is 29.1 Å². The van der Waals surface area contributed by atoms with E-state index in [2.05, 4.69) is 29.6 Å². The Morgan fingerprint density at radius 1 is 0.909 bits per heavy atom. The minimum Gasteiger partial charge on any atom is -0.321 e. The maximum Gasteiger partial charge on any atom is 0.256 e. The Bertz CT molecular complexity index is 943. The smallest absolute Gasteiger partial charge is 0.256 e. The summed E-state index contributed by atoms with van der Waals surface area (Å²) >= 11 is 6.05. The Balaban J connectivity index is 1.85. The Kier molecular flexibility index (Phi) is 2.98. The molecular weight excluding hydrogens is 294 g/mol. The van der Waals surface area contributed by atoms with Gasteiger partial charge < -0.3 is 5.32 Å². The summed E-state index contributed by atoms with van der Waals surface area (Å²) < 4.78 is 0. The molecule has 4 rings (SSSR count). The molecule has 0 spiro atoms. The predicted molar refractivity (Wildman–Crippen MR) is 91.9 cm³/mol. The molecule has 1 aliphatic heterocycles. The van der Waals surface area contributed by atoms with E-state index in [1.165, 1.54) is 5.39 Å². The number of carbonyl (C=O) groups is 1. The molecule has 0 unspecified atom stereocenters. The molecule has 0 aromatic heterocycles. The van der Waals surface area contributed by atoms with Gasteiger partial charge in [-0.15, -0.1) is 0 Å². The quantitative estimate of drug-likeness (QED) is 0.631. The summed E-state index contributed by atoms with van der Waals surface area (Å²) in [5.74, 6) is -0.0922. The third kappa shape index (κ3) is 2.18. The molecule has 1 heterocycles. The molecule has 22 heavy (non-hydrogen) atoms. The van der Waals surface area contributed by atoms with E-state index in [0.29, 0.717) is 10.6 Å². The lowest BCUT2D eigenvalue weighted by Gasteiger charge is -2.02. The van der Waals surface area contributed by atoms with Crippen LogP contribution in [0.15, 0.2) is 60.7 Å². The third-order valence-corrected chi connectivity index (χ3v) is 4.08. The van der Waals surface area contributed by atoms with Crippen molar-refractivity contribution in [1.29, 1.82) is 0 Å². The van der Waals surface area contributed by atoms with Gasteiger partial charge in [-0.3, -0.25) is 4.79 Å². The molecule has 106 valence electrons. The minimum absolute atomic E-state index is 0.0922. The summed E-state index contributed by atoms with van der Waals surface area (Å²) in [6.07, 6.45) is 1.91. The van der Waals surface area contributed by atoms with E-state index in [9.17, 15) is 4.79 Å². The molecule has 0 fully saturated rings. The first-order chi connectivity index (χ1) is 10.7. The van der Waals surface area contributed by atoms with Crippen LogP contribution < -0.4 is 5.32 Å². The first-order valence-electron chi connectivity index (χ1n) is 7.02. The standard InChI is InChI=1S/C19H12ClNO/c20-15-7-8-18-16(11-15)17(19(22)21-18)10-12-5-6-13-3-1-2-4-14(13)9-12/h1-11H,(H,21,22). The van der Waals surface area contributed by atoms with E-state index < -0.39 is 0 Å². The number of benzene rings is 3. The van der Waals surface area contributed by atoms with Crippen molar-refractivity contribution >= 4 is 45.6 Å². The largest absolute Gasteiger partial charge is 0.321 e. The third-order valence-electron chi connectivity index (χ3n) is 3.85. The van der Waals surface area contributed by atoms with E-state index in [1.807, 2.05) is 36.4 Å². The molecule has 1 N–H and O–H groups in total. The van der Waals surface area contributed by atoms with Gasteiger partial charge in [0, 0.05) is 21.8 Å². The molecule has 2 nitrogen and oxygen atoms in total. The summed E-state index contributed by atoms with van der Waals surface area (Å²) in [5, 5.41) is 5.83. The number of hydrogen-bond donors (Lipinski definition) is 1. The second kappa shape index (κ2) is 5.00. The summed E-state index contributed by atoms with van der Waals surface area (Å²) in [7, 11) is 0. The normalized spacial score (nSPS) is 15.1. The molecule has 1 amide bonds. The van der Waals surface area contributed by atoms with Crippen LogP contribution in [0, 0.1) is 0 Å². The molecule has 3 aromatic carbocycles. The lowest BCUT2D eigenvalue weighted by Crippen LogP contribution is -2.03.